The van der Waals surface area contributed by atoms with Crippen LogP contribution in [0.2, 0.25) is 0 Å². The van der Waals surface area contributed by atoms with Crippen molar-refractivity contribution in [2.45, 2.75) is 11.4 Å². The zero-order valence-corrected chi connectivity index (χ0v) is 14.0. The zero-order valence-electron chi connectivity index (χ0n) is 12.4. The van der Waals surface area contributed by atoms with Gasteiger partial charge in [-0.15, -0.1) is 11.3 Å². The van der Waals surface area contributed by atoms with Crippen LogP contribution < -0.4 is 10.0 Å². The monoisotopic (exact) mass is 362 g/mol. The number of benzene rings is 1. The van der Waals surface area contributed by atoms with E-state index >= 15 is 0 Å². The van der Waals surface area contributed by atoms with Crippen molar-refractivity contribution in [3.05, 3.63) is 64.6 Å². The van der Waals surface area contributed by atoms with Gasteiger partial charge in [-0.2, -0.15) is 5.10 Å². The molecule has 0 saturated heterocycles. The van der Waals surface area contributed by atoms with Gasteiger partial charge in [0.05, 0.1) is 16.8 Å². The molecule has 0 spiro atoms. The van der Waals surface area contributed by atoms with E-state index in [2.05, 4.69) is 20.2 Å². The van der Waals surface area contributed by atoms with Crippen LogP contribution in [0.1, 0.15) is 15.2 Å². The third kappa shape index (κ3) is 3.88. The maximum absolute atomic E-state index is 12.2. The van der Waals surface area contributed by atoms with E-state index < -0.39 is 10.0 Å². The molecule has 0 aliphatic rings. The van der Waals surface area contributed by atoms with Crippen LogP contribution in [0, 0.1) is 0 Å². The molecule has 24 heavy (non-hydrogen) atoms. The predicted octanol–water partition coefficient (Wildman–Crippen LogP) is 2.20. The highest BCUT2D eigenvalue weighted by Gasteiger charge is 2.15. The van der Waals surface area contributed by atoms with Crippen molar-refractivity contribution in [1.29, 1.82) is 0 Å². The first kappa shape index (κ1) is 16.4. The van der Waals surface area contributed by atoms with Crippen molar-refractivity contribution in [3.8, 4) is 0 Å². The van der Waals surface area contributed by atoms with E-state index in [9.17, 15) is 13.2 Å². The molecular weight excluding hydrogens is 348 g/mol. The van der Waals surface area contributed by atoms with Gasteiger partial charge in [0.2, 0.25) is 10.0 Å². The molecule has 124 valence electrons. The number of anilines is 1. The second-order valence-electron chi connectivity index (χ2n) is 4.87. The Hall–Kier alpha value is -2.49. The Morgan fingerprint density at radius 3 is 2.62 bits per heavy atom. The Morgan fingerprint density at radius 1 is 1.21 bits per heavy atom. The van der Waals surface area contributed by atoms with Crippen LogP contribution in [-0.4, -0.2) is 24.5 Å². The maximum Gasteiger partial charge on any atom is 0.255 e. The van der Waals surface area contributed by atoms with E-state index in [0.29, 0.717) is 11.3 Å². The summed E-state index contributed by atoms with van der Waals surface area (Å²) in [7, 11) is -3.62. The molecule has 7 nitrogen and oxygen atoms in total. The van der Waals surface area contributed by atoms with Gasteiger partial charge in [0.1, 0.15) is 0 Å². The summed E-state index contributed by atoms with van der Waals surface area (Å²) < 4.78 is 27.0. The molecule has 0 atom stereocenters. The minimum Gasteiger partial charge on any atom is -0.319 e. The number of rotatable bonds is 6. The Labute approximate surface area is 142 Å². The molecule has 0 aliphatic carbocycles. The molecule has 2 aromatic heterocycles. The number of carbonyl (C=O) groups is 1. The van der Waals surface area contributed by atoms with Crippen LogP contribution in [0.5, 0.6) is 0 Å². The average molecular weight is 362 g/mol. The van der Waals surface area contributed by atoms with E-state index in [0.717, 1.165) is 4.88 Å². The number of sulfonamides is 1. The number of H-pyrrole nitrogens is 1. The topological polar surface area (TPSA) is 104 Å². The summed E-state index contributed by atoms with van der Waals surface area (Å²) in [5, 5.41) is 10.8. The van der Waals surface area contributed by atoms with E-state index in [4.69, 9.17) is 0 Å². The summed E-state index contributed by atoms with van der Waals surface area (Å²) in [6, 6.07) is 9.46. The highest BCUT2D eigenvalue weighted by Crippen LogP contribution is 2.14. The van der Waals surface area contributed by atoms with E-state index in [1.165, 1.54) is 41.8 Å². The SMILES string of the molecule is O=C(Nc1cn[nH]c1)c1ccc(S(=O)(=O)NCc2cccs2)cc1. The van der Waals surface area contributed by atoms with Crippen molar-refractivity contribution in [2.24, 2.45) is 0 Å². The number of aromatic nitrogens is 2. The summed E-state index contributed by atoms with van der Waals surface area (Å²) >= 11 is 1.48. The molecule has 1 amide bonds. The normalized spacial score (nSPS) is 11.3. The second kappa shape index (κ2) is 6.95. The van der Waals surface area contributed by atoms with Crippen molar-refractivity contribution >= 4 is 33.0 Å². The Kier molecular flexibility index (Phi) is 4.74. The van der Waals surface area contributed by atoms with Gasteiger partial charge in [-0.1, -0.05) is 6.07 Å². The third-order valence-corrected chi connectivity index (χ3v) is 5.49. The number of thiophene rings is 1. The molecule has 0 radical (unpaired) electrons. The number of nitrogens with zero attached hydrogens (tertiary/aromatic N) is 1. The quantitative estimate of drug-likeness (QED) is 0.625. The molecule has 2 heterocycles. The average Bonchev–Trinajstić information content (AvgIpc) is 3.27. The van der Waals surface area contributed by atoms with Gasteiger partial charge in [-0.05, 0) is 35.7 Å². The van der Waals surface area contributed by atoms with Crippen LogP contribution in [0.3, 0.4) is 0 Å². The van der Waals surface area contributed by atoms with Gasteiger partial charge in [0, 0.05) is 23.2 Å². The summed E-state index contributed by atoms with van der Waals surface area (Å²) in [5.74, 6) is -0.341. The number of carbonyl (C=O) groups excluding carboxylic acids is 1. The molecule has 0 aliphatic heterocycles. The molecule has 3 aromatic rings. The van der Waals surface area contributed by atoms with E-state index in [1.807, 2.05) is 17.5 Å². The standard InChI is InChI=1S/C15H14N4O3S2/c20-15(19-12-8-16-17-9-12)11-3-5-14(6-4-11)24(21,22)18-10-13-2-1-7-23-13/h1-9,18H,10H2,(H,16,17)(H,19,20). The van der Waals surface area contributed by atoms with Gasteiger partial charge < -0.3 is 5.32 Å². The minimum absolute atomic E-state index is 0.110. The maximum atomic E-state index is 12.2. The van der Waals surface area contributed by atoms with Gasteiger partial charge >= 0.3 is 0 Å². The molecule has 1 aromatic carbocycles. The number of hydrogen-bond donors (Lipinski definition) is 3. The molecule has 0 fully saturated rings. The summed E-state index contributed by atoms with van der Waals surface area (Å²) in [6.45, 7) is 0.239. The van der Waals surface area contributed by atoms with Gasteiger partial charge in [-0.25, -0.2) is 13.1 Å². The summed E-state index contributed by atoms with van der Waals surface area (Å²) in [5.41, 5.74) is 0.891. The van der Waals surface area contributed by atoms with E-state index in [1.54, 1.807) is 6.20 Å². The fourth-order valence-corrected chi connectivity index (χ4v) is 3.71. The zero-order chi connectivity index (χ0) is 17.0. The van der Waals surface area contributed by atoms with Crippen molar-refractivity contribution in [3.63, 3.8) is 0 Å². The van der Waals surface area contributed by atoms with Crippen LogP contribution >= 0.6 is 11.3 Å². The highest BCUT2D eigenvalue weighted by atomic mass is 32.2. The lowest BCUT2D eigenvalue weighted by Gasteiger charge is -2.07. The largest absolute Gasteiger partial charge is 0.319 e. The lowest BCUT2D eigenvalue weighted by molar-refractivity contribution is 0.102. The fraction of sp³-hybridized carbons (Fsp3) is 0.0667. The molecule has 0 bridgehead atoms. The first-order chi connectivity index (χ1) is 11.5. The van der Waals surface area contributed by atoms with Crippen LogP contribution in [0.25, 0.3) is 0 Å². The molecule has 3 rings (SSSR count). The summed E-state index contributed by atoms with van der Waals surface area (Å²) in [4.78, 5) is 13.1. The Balaban J connectivity index is 1.67. The third-order valence-electron chi connectivity index (χ3n) is 3.20. The van der Waals surface area contributed by atoms with Gasteiger partial charge in [0.15, 0.2) is 0 Å². The first-order valence-corrected chi connectivity index (χ1v) is 9.33. The molecular formula is C15H14N4O3S2. The van der Waals surface area contributed by atoms with E-state index in [-0.39, 0.29) is 17.3 Å². The Morgan fingerprint density at radius 2 is 2.00 bits per heavy atom. The molecule has 9 heteroatoms. The molecule has 0 saturated carbocycles. The van der Waals surface area contributed by atoms with Crippen LogP contribution in [0.15, 0.2) is 59.1 Å². The Bertz CT molecular complexity index is 902. The predicted molar refractivity (Wildman–Crippen MR) is 91.3 cm³/mol. The fourth-order valence-electron chi connectivity index (χ4n) is 1.97. The molecule has 3 N–H and O–H groups in total. The smallest absolute Gasteiger partial charge is 0.255 e. The van der Waals surface area contributed by atoms with Gasteiger partial charge in [-0.3, -0.25) is 9.89 Å². The first-order valence-electron chi connectivity index (χ1n) is 6.97. The lowest BCUT2D eigenvalue weighted by atomic mass is 10.2. The highest BCUT2D eigenvalue weighted by molar-refractivity contribution is 7.89. The van der Waals surface area contributed by atoms with Crippen molar-refractivity contribution < 1.29 is 13.2 Å². The van der Waals surface area contributed by atoms with Crippen LogP contribution in [-0.2, 0) is 16.6 Å². The summed E-state index contributed by atoms with van der Waals surface area (Å²) in [6.07, 6.45) is 3.02. The number of hydrogen-bond acceptors (Lipinski definition) is 5. The van der Waals surface area contributed by atoms with Crippen molar-refractivity contribution in [1.82, 2.24) is 14.9 Å². The van der Waals surface area contributed by atoms with Crippen LogP contribution in [0.4, 0.5) is 5.69 Å². The number of amides is 1. The van der Waals surface area contributed by atoms with Crippen molar-refractivity contribution in [2.75, 3.05) is 5.32 Å². The molecule has 0 unspecified atom stereocenters. The van der Waals surface area contributed by atoms with Gasteiger partial charge in [0.25, 0.3) is 5.91 Å². The lowest BCUT2D eigenvalue weighted by Crippen LogP contribution is -2.23. The second-order valence-corrected chi connectivity index (χ2v) is 7.67. The number of nitrogens with one attached hydrogen (secondary N) is 3. The minimum atomic E-state index is -3.62. The number of aromatic amines is 1.